The third-order valence-corrected chi connectivity index (χ3v) is 2.89. The summed E-state index contributed by atoms with van der Waals surface area (Å²) in [6.07, 6.45) is 2.48. The quantitative estimate of drug-likeness (QED) is 0.881. The summed E-state index contributed by atoms with van der Waals surface area (Å²) in [6, 6.07) is 5.88. The lowest BCUT2D eigenvalue weighted by atomic mass is 10.1. The van der Waals surface area contributed by atoms with Gasteiger partial charge in [0, 0.05) is 24.2 Å². The zero-order valence-electron chi connectivity index (χ0n) is 9.69. The summed E-state index contributed by atoms with van der Waals surface area (Å²) in [5.74, 6) is -0.333. The summed E-state index contributed by atoms with van der Waals surface area (Å²) in [5.41, 5.74) is 5.70. The van der Waals surface area contributed by atoms with Crippen LogP contribution in [0.1, 0.15) is 13.3 Å². The van der Waals surface area contributed by atoms with Gasteiger partial charge >= 0.3 is 0 Å². The maximum absolute atomic E-state index is 13.0. The molecule has 1 atom stereocenters. The molecule has 4 heteroatoms. The summed E-state index contributed by atoms with van der Waals surface area (Å²) in [7, 11) is 0. The molecule has 0 spiro atoms. The fourth-order valence-corrected chi connectivity index (χ4v) is 1.78. The maximum Gasteiger partial charge on any atom is 0.258 e. The zero-order chi connectivity index (χ0) is 12.4. The van der Waals surface area contributed by atoms with Crippen molar-refractivity contribution >= 4 is 10.8 Å². The second-order valence-corrected chi connectivity index (χ2v) is 4.17. The van der Waals surface area contributed by atoms with Crippen LogP contribution in [0.4, 0.5) is 4.39 Å². The predicted molar refractivity (Wildman–Crippen MR) is 66.4 cm³/mol. The highest BCUT2D eigenvalue weighted by Crippen LogP contribution is 2.11. The van der Waals surface area contributed by atoms with Crippen molar-refractivity contribution in [3.05, 3.63) is 46.6 Å². The van der Waals surface area contributed by atoms with Crippen molar-refractivity contribution < 1.29 is 4.39 Å². The van der Waals surface area contributed by atoms with Crippen LogP contribution in [0.2, 0.25) is 0 Å². The fourth-order valence-electron chi connectivity index (χ4n) is 1.78. The van der Waals surface area contributed by atoms with Gasteiger partial charge in [0.15, 0.2) is 0 Å². The molecule has 1 heterocycles. The van der Waals surface area contributed by atoms with Gasteiger partial charge in [-0.05, 0) is 36.1 Å². The van der Waals surface area contributed by atoms with Gasteiger partial charge in [-0.25, -0.2) is 4.39 Å². The molecule has 2 aromatic rings. The minimum absolute atomic E-state index is 0.0365. The molecule has 0 aliphatic heterocycles. The first-order valence-electron chi connectivity index (χ1n) is 5.66. The number of nitrogens with zero attached hydrogens (tertiary/aromatic N) is 1. The van der Waals surface area contributed by atoms with Crippen LogP contribution < -0.4 is 11.3 Å². The number of hydrogen-bond acceptors (Lipinski definition) is 2. The van der Waals surface area contributed by atoms with Crippen molar-refractivity contribution in [1.82, 2.24) is 4.57 Å². The Bertz CT molecular complexity index is 591. The molecule has 0 amide bonds. The van der Waals surface area contributed by atoms with Crippen LogP contribution in [0.25, 0.3) is 10.8 Å². The van der Waals surface area contributed by atoms with Crippen LogP contribution in [0.15, 0.2) is 35.3 Å². The molecule has 1 aromatic heterocycles. The number of aromatic nitrogens is 1. The summed E-state index contributed by atoms with van der Waals surface area (Å²) >= 11 is 0. The fraction of sp³-hybridized carbons (Fsp3) is 0.308. The molecule has 0 saturated carbocycles. The van der Waals surface area contributed by atoms with Gasteiger partial charge in [-0.3, -0.25) is 4.79 Å². The molecule has 17 heavy (non-hydrogen) atoms. The van der Waals surface area contributed by atoms with E-state index < -0.39 is 0 Å². The van der Waals surface area contributed by atoms with Gasteiger partial charge in [-0.1, -0.05) is 6.92 Å². The van der Waals surface area contributed by atoms with Crippen molar-refractivity contribution in [1.29, 1.82) is 0 Å². The Kier molecular flexibility index (Phi) is 3.24. The Hall–Kier alpha value is -1.68. The molecule has 0 bridgehead atoms. The molecule has 90 valence electrons. The van der Waals surface area contributed by atoms with Crippen molar-refractivity contribution in [2.45, 2.75) is 25.9 Å². The SMILES string of the molecule is CCC(N)Cn1ccc2cc(F)ccc2c1=O. The lowest BCUT2D eigenvalue weighted by Gasteiger charge is -2.11. The molecule has 0 aliphatic rings. The van der Waals surface area contributed by atoms with Gasteiger partial charge in [-0.15, -0.1) is 0 Å². The van der Waals surface area contributed by atoms with Crippen LogP contribution in [0, 0.1) is 5.82 Å². The average Bonchev–Trinajstić information content (AvgIpc) is 2.32. The first-order valence-corrected chi connectivity index (χ1v) is 5.66. The highest BCUT2D eigenvalue weighted by Gasteiger charge is 2.06. The van der Waals surface area contributed by atoms with E-state index in [4.69, 9.17) is 5.73 Å². The number of hydrogen-bond donors (Lipinski definition) is 1. The van der Waals surface area contributed by atoms with Crippen LogP contribution in [-0.4, -0.2) is 10.6 Å². The van der Waals surface area contributed by atoms with Gasteiger partial charge < -0.3 is 10.3 Å². The third kappa shape index (κ3) is 2.36. The summed E-state index contributed by atoms with van der Waals surface area (Å²) in [4.78, 5) is 12.1. The van der Waals surface area contributed by atoms with E-state index >= 15 is 0 Å². The second kappa shape index (κ2) is 4.67. The van der Waals surface area contributed by atoms with E-state index in [1.54, 1.807) is 16.8 Å². The molecular formula is C13H15FN2O. The van der Waals surface area contributed by atoms with E-state index in [0.717, 1.165) is 6.42 Å². The number of pyridine rings is 1. The third-order valence-electron chi connectivity index (χ3n) is 2.89. The first kappa shape index (κ1) is 11.8. The highest BCUT2D eigenvalue weighted by atomic mass is 19.1. The minimum Gasteiger partial charge on any atom is -0.326 e. The normalized spacial score (nSPS) is 12.9. The summed E-state index contributed by atoms with van der Waals surface area (Å²) in [5, 5.41) is 1.15. The standard InChI is InChI=1S/C13H15FN2O/c1-2-11(15)8-16-6-5-9-7-10(14)3-4-12(9)13(16)17/h3-7,11H,2,8,15H2,1H3. The van der Waals surface area contributed by atoms with Crippen molar-refractivity contribution in [3.8, 4) is 0 Å². The Labute approximate surface area is 98.7 Å². The Balaban J connectivity index is 2.51. The molecule has 1 unspecified atom stereocenters. The van der Waals surface area contributed by atoms with Crippen LogP contribution >= 0.6 is 0 Å². The lowest BCUT2D eigenvalue weighted by molar-refractivity contribution is 0.529. The van der Waals surface area contributed by atoms with Crippen LogP contribution in [0.3, 0.4) is 0 Å². The van der Waals surface area contributed by atoms with E-state index in [1.165, 1.54) is 18.2 Å². The molecule has 0 aliphatic carbocycles. The predicted octanol–water partition coefficient (Wildman–Crippen LogP) is 1.88. The van der Waals surface area contributed by atoms with Crippen molar-refractivity contribution in [3.63, 3.8) is 0 Å². The van der Waals surface area contributed by atoms with Crippen LogP contribution in [0.5, 0.6) is 0 Å². The molecular weight excluding hydrogens is 219 g/mol. The average molecular weight is 234 g/mol. The first-order chi connectivity index (χ1) is 8.11. The van der Waals surface area contributed by atoms with E-state index in [0.29, 0.717) is 17.3 Å². The Morgan fingerprint density at radius 1 is 1.41 bits per heavy atom. The van der Waals surface area contributed by atoms with Crippen LogP contribution in [-0.2, 0) is 6.54 Å². The molecule has 2 N–H and O–H groups in total. The van der Waals surface area contributed by atoms with Gasteiger partial charge in [0.25, 0.3) is 5.56 Å². The zero-order valence-corrected chi connectivity index (χ0v) is 9.69. The maximum atomic E-state index is 13.0. The van der Waals surface area contributed by atoms with E-state index in [9.17, 15) is 9.18 Å². The molecule has 2 rings (SSSR count). The van der Waals surface area contributed by atoms with Gasteiger partial charge in [-0.2, -0.15) is 0 Å². The van der Waals surface area contributed by atoms with E-state index in [2.05, 4.69) is 0 Å². The molecule has 0 fully saturated rings. The van der Waals surface area contributed by atoms with E-state index in [-0.39, 0.29) is 17.4 Å². The summed E-state index contributed by atoms with van der Waals surface area (Å²) < 4.78 is 14.6. The van der Waals surface area contributed by atoms with Gasteiger partial charge in [0.05, 0.1) is 0 Å². The highest BCUT2D eigenvalue weighted by molar-refractivity contribution is 5.81. The molecule has 3 nitrogen and oxygen atoms in total. The molecule has 0 saturated heterocycles. The van der Waals surface area contributed by atoms with Crippen molar-refractivity contribution in [2.24, 2.45) is 5.73 Å². The smallest absolute Gasteiger partial charge is 0.258 e. The Morgan fingerprint density at radius 3 is 2.88 bits per heavy atom. The lowest BCUT2D eigenvalue weighted by Crippen LogP contribution is -2.31. The summed E-state index contributed by atoms with van der Waals surface area (Å²) in [6.45, 7) is 2.47. The monoisotopic (exact) mass is 234 g/mol. The largest absolute Gasteiger partial charge is 0.326 e. The number of benzene rings is 1. The molecule has 0 radical (unpaired) electrons. The van der Waals surface area contributed by atoms with Gasteiger partial charge in [0.1, 0.15) is 5.82 Å². The number of fused-ring (bicyclic) bond motifs is 1. The van der Waals surface area contributed by atoms with Crippen molar-refractivity contribution in [2.75, 3.05) is 0 Å². The van der Waals surface area contributed by atoms with Gasteiger partial charge in [0.2, 0.25) is 0 Å². The Morgan fingerprint density at radius 2 is 2.18 bits per heavy atom. The topological polar surface area (TPSA) is 48.0 Å². The number of halogens is 1. The minimum atomic E-state index is -0.333. The molecule has 1 aromatic carbocycles. The number of rotatable bonds is 3. The number of nitrogens with two attached hydrogens (primary N) is 1. The second-order valence-electron chi connectivity index (χ2n) is 4.17. The van der Waals surface area contributed by atoms with E-state index in [1.807, 2.05) is 6.92 Å².